The molecule has 2 aliphatic heterocycles. The number of likely N-dealkylation sites (tertiary alicyclic amines) is 1. The molecular weight excluding hydrogens is 390 g/mol. The fourth-order valence-electron chi connectivity index (χ4n) is 4.36. The standard InChI is InChI=1S/C25H23N3O3/c29-24(13-18-7-2-1-3-8-18)27-17-20-14-22(27)25(30)28(16-19-9-6-12-26-15-19)21-10-4-5-11-23(21)31-20/h1-12,15,20,22H,13-14,16-17H2/t20-,22-/m0/s1. The van der Waals surface area contributed by atoms with Gasteiger partial charge in [0, 0.05) is 18.8 Å². The molecule has 1 fully saturated rings. The van der Waals surface area contributed by atoms with E-state index in [1.165, 1.54) is 0 Å². The second kappa shape index (κ2) is 8.22. The summed E-state index contributed by atoms with van der Waals surface area (Å²) in [5.41, 5.74) is 2.58. The monoisotopic (exact) mass is 413 g/mol. The number of rotatable bonds is 4. The number of hydrogen-bond donors (Lipinski definition) is 0. The summed E-state index contributed by atoms with van der Waals surface area (Å²) in [4.78, 5) is 34.5. The lowest BCUT2D eigenvalue weighted by Gasteiger charge is -2.31. The zero-order valence-corrected chi connectivity index (χ0v) is 17.1. The lowest BCUT2D eigenvalue weighted by atomic mass is 10.1. The van der Waals surface area contributed by atoms with Crippen LogP contribution in [0.5, 0.6) is 5.75 Å². The van der Waals surface area contributed by atoms with Crippen LogP contribution in [0.25, 0.3) is 0 Å². The van der Waals surface area contributed by atoms with Crippen LogP contribution >= 0.6 is 0 Å². The molecule has 3 aromatic rings. The topological polar surface area (TPSA) is 62.7 Å². The van der Waals surface area contributed by atoms with Crippen LogP contribution in [0, 0.1) is 0 Å². The maximum atomic E-state index is 13.7. The van der Waals surface area contributed by atoms with Crippen LogP contribution in [-0.2, 0) is 22.6 Å². The molecule has 0 N–H and O–H groups in total. The van der Waals surface area contributed by atoms with Crippen LogP contribution in [0.3, 0.4) is 0 Å². The van der Waals surface area contributed by atoms with Crippen molar-refractivity contribution in [1.82, 2.24) is 9.88 Å². The van der Waals surface area contributed by atoms with E-state index in [0.29, 0.717) is 25.3 Å². The van der Waals surface area contributed by atoms with Crippen molar-refractivity contribution in [1.29, 1.82) is 0 Å². The average molecular weight is 413 g/mol. The van der Waals surface area contributed by atoms with Crippen molar-refractivity contribution in [3.8, 4) is 5.75 Å². The van der Waals surface area contributed by atoms with Gasteiger partial charge in [0.15, 0.2) is 0 Å². The van der Waals surface area contributed by atoms with Crippen LogP contribution in [0.1, 0.15) is 17.5 Å². The van der Waals surface area contributed by atoms with Gasteiger partial charge in [-0.2, -0.15) is 0 Å². The molecule has 1 aromatic heterocycles. The maximum Gasteiger partial charge on any atom is 0.250 e. The molecule has 0 aliphatic carbocycles. The molecule has 2 aromatic carbocycles. The number of anilines is 1. The van der Waals surface area contributed by atoms with Crippen LogP contribution in [-0.4, -0.2) is 40.4 Å². The van der Waals surface area contributed by atoms with Gasteiger partial charge in [-0.15, -0.1) is 0 Å². The number of amides is 2. The van der Waals surface area contributed by atoms with Crippen LogP contribution < -0.4 is 9.64 Å². The van der Waals surface area contributed by atoms with E-state index >= 15 is 0 Å². The smallest absolute Gasteiger partial charge is 0.250 e. The van der Waals surface area contributed by atoms with Crippen molar-refractivity contribution in [2.45, 2.75) is 31.5 Å². The van der Waals surface area contributed by atoms with Gasteiger partial charge in [0.1, 0.15) is 17.9 Å². The van der Waals surface area contributed by atoms with Gasteiger partial charge in [0.05, 0.1) is 25.2 Å². The summed E-state index contributed by atoms with van der Waals surface area (Å²) in [5.74, 6) is 0.534. The Balaban J connectivity index is 1.47. The molecule has 6 heteroatoms. The van der Waals surface area contributed by atoms with Crippen molar-refractivity contribution in [3.05, 3.63) is 90.3 Å². The van der Waals surface area contributed by atoms with Gasteiger partial charge in [-0.05, 0) is 29.3 Å². The zero-order chi connectivity index (χ0) is 21.2. The van der Waals surface area contributed by atoms with E-state index < -0.39 is 6.04 Å². The first-order chi connectivity index (χ1) is 15.2. The predicted octanol–water partition coefficient (Wildman–Crippen LogP) is 3.22. The summed E-state index contributed by atoms with van der Waals surface area (Å²) in [6, 6.07) is 20.5. The Morgan fingerprint density at radius 2 is 1.77 bits per heavy atom. The van der Waals surface area contributed by atoms with Crippen molar-refractivity contribution >= 4 is 17.5 Å². The molecule has 2 aliphatic rings. The van der Waals surface area contributed by atoms with Gasteiger partial charge >= 0.3 is 0 Å². The van der Waals surface area contributed by atoms with Crippen molar-refractivity contribution in [3.63, 3.8) is 0 Å². The molecule has 2 bridgehead atoms. The number of pyridine rings is 1. The summed E-state index contributed by atoms with van der Waals surface area (Å²) >= 11 is 0. The van der Waals surface area contributed by atoms with Crippen LogP contribution in [0.2, 0.25) is 0 Å². The van der Waals surface area contributed by atoms with Gasteiger partial charge in [0.2, 0.25) is 11.8 Å². The van der Waals surface area contributed by atoms with Gasteiger partial charge in [-0.3, -0.25) is 14.6 Å². The number of nitrogens with zero attached hydrogens (tertiary/aromatic N) is 3. The molecular formula is C25H23N3O3. The fraction of sp³-hybridized carbons (Fsp3) is 0.240. The highest BCUT2D eigenvalue weighted by molar-refractivity contribution is 6.01. The normalized spacial score (nSPS) is 19.9. The minimum absolute atomic E-state index is 0.0528. The Morgan fingerprint density at radius 3 is 2.58 bits per heavy atom. The first-order valence-corrected chi connectivity index (χ1v) is 10.5. The van der Waals surface area contributed by atoms with E-state index in [1.54, 1.807) is 22.2 Å². The quantitative estimate of drug-likeness (QED) is 0.659. The summed E-state index contributed by atoms with van der Waals surface area (Å²) in [7, 11) is 0. The van der Waals surface area contributed by atoms with Crippen molar-refractivity contribution < 1.29 is 14.3 Å². The number of carbonyl (C=O) groups is 2. The number of fused-ring (bicyclic) bond motifs is 3. The number of hydrogen-bond acceptors (Lipinski definition) is 4. The molecule has 156 valence electrons. The second-order valence-corrected chi connectivity index (χ2v) is 7.95. The number of aromatic nitrogens is 1. The highest BCUT2D eigenvalue weighted by Gasteiger charge is 2.44. The molecule has 2 amide bonds. The highest BCUT2D eigenvalue weighted by Crippen LogP contribution is 2.37. The number of ether oxygens (including phenoxy) is 1. The van der Waals surface area contributed by atoms with Crippen LogP contribution in [0.15, 0.2) is 79.1 Å². The highest BCUT2D eigenvalue weighted by atomic mass is 16.5. The Bertz CT molecular complexity index is 1090. The summed E-state index contributed by atoms with van der Waals surface area (Å²) in [6.07, 6.45) is 4.03. The number of carbonyl (C=O) groups excluding carboxylic acids is 2. The van der Waals surface area contributed by atoms with Crippen molar-refractivity contribution in [2.24, 2.45) is 0 Å². The largest absolute Gasteiger partial charge is 0.486 e. The average Bonchev–Trinajstić information content (AvgIpc) is 3.23. The predicted molar refractivity (Wildman–Crippen MR) is 117 cm³/mol. The van der Waals surface area contributed by atoms with Gasteiger partial charge in [-0.25, -0.2) is 0 Å². The maximum absolute atomic E-state index is 13.7. The number of benzene rings is 2. The summed E-state index contributed by atoms with van der Waals surface area (Å²) in [5, 5.41) is 0. The van der Waals surface area contributed by atoms with E-state index in [1.807, 2.05) is 66.7 Å². The van der Waals surface area contributed by atoms with E-state index in [2.05, 4.69) is 4.98 Å². The lowest BCUT2D eigenvalue weighted by Crippen LogP contribution is -2.48. The first-order valence-electron chi connectivity index (χ1n) is 10.5. The molecule has 1 saturated heterocycles. The molecule has 31 heavy (non-hydrogen) atoms. The molecule has 6 nitrogen and oxygen atoms in total. The molecule has 0 spiro atoms. The minimum Gasteiger partial charge on any atom is -0.486 e. The van der Waals surface area contributed by atoms with Gasteiger partial charge in [-0.1, -0.05) is 48.5 Å². The third-order valence-electron chi connectivity index (χ3n) is 5.85. The molecule has 0 saturated carbocycles. The van der Waals surface area contributed by atoms with Gasteiger partial charge in [0.25, 0.3) is 0 Å². The van der Waals surface area contributed by atoms with Crippen LogP contribution in [0.4, 0.5) is 5.69 Å². The number of para-hydroxylation sites is 2. The Hall–Kier alpha value is -3.67. The Labute approximate surface area is 181 Å². The van der Waals surface area contributed by atoms with E-state index in [4.69, 9.17) is 4.74 Å². The van der Waals surface area contributed by atoms with Crippen molar-refractivity contribution in [2.75, 3.05) is 11.4 Å². The molecule has 2 atom stereocenters. The van der Waals surface area contributed by atoms with E-state index in [9.17, 15) is 9.59 Å². The first kappa shape index (κ1) is 19.3. The second-order valence-electron chi connectivity index (χ2n) is 7.95. The molecule has 0 unspecified atom stereocenters. The Morgan fingerprint density at radius 1 is 1.00 bits per heavy atom. The molecule has 5 rings (SSSR count). The SMILES string of the molecule is O=C1[C@@H]2C[C@@H](CN2C(=O)Cc2ccccc2)Oc2ccccc2N1Cc1cccnc1. The lowest BCUT2D eigenvalue weighted by molar-refractivity contribution is -0.137. The minimum atomic E-state index is -0.536. The third-order valence-corrected chi connectivity index (χ3v) is 5.85. The summed E-state index contributed by atoms with van der Waals surface area (Å²) in [6.45, 7) is 0.784. The van der Waals surface area contributed by atoms with E-state index in [0.717, 1.165) is 16.8 Å². The zero-order valence-electron chi connectivity index (χ0n) is 17.1. The molecule has 0 radical (unpaired) electrons. The molecule has 3 heterocycles. The van der Waals surface area contributed by atoms with E-state index in [-0.39, 0.29) is 24.3 Å². The summed E-state index contributed by atoms with van der Waals surface area (Å²) < 4.78 is 6.27. The third kappa shape index (κ3) is 3.89. The fourth-order valence-corrected chi connectivity index (χ4v) is 4.36. The van der Waals surface area contributed by atoms with Gasteiger partial charge < -0.3 is 14.5 Å². The Kier molecular flexibility index (Phi) is 5.12.